The fraction of sp³-hybridized carbons (Fsp3) is 0. The summed E-state index contributed by atoms with van der Waals surface area (Å²) in [5.74, 6) is 0. The van der Waals surface area contributed by atoms with Crippen LogP contribution in [0.4, 0.5) is 0 Å². The molecule has 4 aromatic rings. The molecule has 0 unspecified atom stereocenters. The molecule has 93 valence electrons. The number of hydrogen-bond donors (Lipinski definition) is 0. The van der Waals surface area contributed by atoms with Gasteiger partial charge in [0.2, 0.25) is 0 Å². The van der Waals surface area contributed by atoms with Crippen molar-refractivity contribution in [1.29, 1.82) is 0 Å². The van der Waals surface area contributed by atoms with Gasteiger partial charge >= 0.3 is 0 Å². The molecule has 1 radical (unpaired) electrons. The van der Waals surface area contributed by atoms with Gasteiger partial charge in [0.1, 0.15) is 0 Å². The molecule has 1 heterocycles. The van der Waals surface area contributed by atoms with Gasteiger partial charge in [0.25, 0.3) is 0 Å². The van der Waals surface area contributed by atoms with Crippen LogP contribution in [0.3, 0.4) is 0 Å². The fourth-order valence-corrected chi connectivity index (χ4v) is 2.61. The topological polar surface area (TPSA) is 12.9 Å². The Balaban J connectivity index is 2.01. The molecule has 0 aliphatic carbocycles. The molecule has 1 aromatic heterocycles. The zero-order chi connectivity index (χ0) is 13.4. The van der Waals surface area contributed by atoms with Crippen LogP contribution in [0.2, 0.25) is 0 Å². The van der Waals surface area contributed by atoms with E-state index in [-0.39, 0.29) is 0 Å². The maximum absolute atomic E-state index is 4.50. The van der Waals surface area contributed by atoms with E-state index < -0.39 is 0 Å². The van der Waals surface area contributed by atoms with Crippen molar-refractivity contribution in [3.8, 4) is 11.3 Å². The van der Waals surface area contributed by atoms with Gasteiger partial charge in [-0.2, -0.15) is 0 Å². The van der Waals surface area contributed by atoms with Crippen LogP contribution < -0.4 is 0 Å². The second-order valence-electron chi connectivity index (χ2n) is 4.87. The van der Waals surface area contributed by atoms with E-state index in [1.54, 1.807) is 0 Å². The fourth-order valence-electron chi connectivity index (χ4n) is 2.61. The van der Waals surface area contributed by atoms with Gasteiger partial charge in [0.15, 0.2) is 0 Å². The highest BCUT2D eigenvalue weighted by Crippen LogP contribution is 2.28. The zero-order valence-electron chi connectivity index (χ0n) is 10.9. The third-order valence-corrected chi connectivity index (χ3v) is 3.62. The van der Waals surface area contributed by atoms with Crippen LogP contribution in [0.1, 0.15) is 0 Å². The molecule has 1 heteroatoms. The van der Waals surface area contributed by atoms with Crippen molar-refractivity contribution < 1.29 is 0 Å². The Morgan fingerprint density at radius 2 is 1.45 bits per heavy atom. The lowest BCUT2D eigenvalue weighted by atomic mass is 10.0. The van der Waals surface area contributed by atoms with Crippen molar-refractivity contribution in [3.63, 3.8) is 0 Å². The lowest BCUT2D eigenvalue weighted by molar-refractivity contribution is 1.35. The zero-order valence-corrected chi connectivity index (χ0v) is 10.9. The first-order chi connectivity index (χ1) is 9.92. The minimum absolute atomic E-state index is 0.973. The summed E-state index contributed by atoms with van der Waals surface area (Å²) in [5.41, 5.74) is 2.13. The van der Waals surface area contributed by atoms with Crippen LogP contribution in [-0.4, -0.2) is 4.98 Å². The number of benzene rings is 3. The Bertz CT molecular complexity index is 904. The van der Waals surface area contributed by atoms with Crippen LogP contribution in [0.25, 0.3) is 32.8 Å². The number of rotatable bonds is 1. The molecule has 0 spiro atoms. The Morgan fingerprint density at radius 3 is 2.40 bits per heavy atom. The maximum atomic E-state index is 4.50. The van der Waals surface area contributed by atoms with E-state index in [1.807, 2.05) is 18.2 Å². The molecule has 4 rings (SSSR count). The molecular weight excluding hydrogens is 242 g/mol. The summed E-state index contributed by atoms with van der Waals surface area (Å²) in [7, 11) is 0. The summed E-state index contributed by atoms with van der Waals surface area (Å²) < 4.78 is 0. The standard InChI is InChI=1S/C19H12N/c1-2-8-16-13-20-19(12-15(16)7-1)18-11-5-9-14-6-3-4-10-17(14)18/h1-12H. The van der Waals surface area contributed by atoms with E-state index in [9.17, 15) is 0 Å². The molecule has 0 aliphatic rings. The Kier molecular flexibility index (Phi) is 2.49. The molecule has 20 heavy (non-hydrogen) atoms. The minimum atomic E-state index is 0.973. The van der Waals surface area contributed by atoms with Crippen molar-refractivity contribution in [2.45, 2.75) is 0 Å². The van der Waals surface area contributed by atoms with E-state index in [0.717, 1.165) is 16.6 Å². The van der Waals surface area contributed by atoms with E-state index in [1.165, 1.54) is 16.2 Å². The third-order valence-electron chi connectivity index (χ3n) is 3.62. The normalized spacial score (nSPS) is 11.0. The van der Waals surface area contributed by atoms with E-state index in [0.29, 0.717) is 0 Å². The van der Waals surface area contributed by atoms with Gasteiger partial charge in [0, 0.05) is 10.9 Å². The third kappa shape index (κ3) is 1.76. The van der Waals surface area contributed by atoms with Crippen LogP contribution in [0.5, 0.6) is 0 Å². The van der Waals surface area contributed by atoms with Crippen molar-refractivity contribution in [2.24, 2.45) is 0 Å². The maximum Gasteiger partial charge on any atom is 0.0978 e. The second-order valence-corrected chi connectivity index (χ2v) is 4.87. The Labute approximate surface area is 117 Å². The van der Waals surface area contributed by atoms with E-state index >= 15 is 0 Å². The summed E-state index contributed by atoms with van der Waals surface area (Å²) in [6.07, 6.45) is 3.13. The molecular formula is C19H12N. The van der Waals surface area contributed by atoms with Crippen LogP contribution in [0, 0.1) is 6.20 Å². The van der Waals surface area contributed by atoms with Crippen molar-refractivity contribution in [3.05, 3.63) is 79.0 Å². The second kappa shape index (κ2) is 4.46. The Morgan fingerprint density at radius 1 is 0.700 bits per heavy atom. The lowest BCUT2D eigenvalue weighted by Gasteiger charge is -2.06. The quantitative estimate of drug-likeness (QED) is 0.473. The first-order valence-electron chi connectivity index (χ1n) is 6.67. The van der Waals surface area contributed by atoms with Crippen molar-refractivity contribution in [2.75, 3.05) is 0 Å². The lowest BCUT2D eigenvalue weighted by Crippen LogP contribution is -1.86. The molecule has 0 atom stereocenters. The van der Waals surface area contributed by atoms with Crippen LogP contribution in [0.15, 0.2) is 72.8 Å². The van der Waals surface area contributed by atoms with Crippen molar-refractivity contribution >= 4 is 21.5 Å². The first-order valence-corrected chi connectivity index (χ1v) is 6.67. The minimum Gasteiger partial charge on any atom is -0.245 e. The molecule has 3 aromatic carbocycles. The number of hydrogen-bond acceptors (Lipinski definition) is 1. The smallest absolute Gasteiger partial charge is 0.0978 e. The summed E-state index contributed by atoms with van der Waals surface area (Å²) in [6.45, 7) is 0. The predicted octanol–water partition coefficient (Wildman–Crippen LogP) is 4.86. The molecule has 0 N–H and O–H groups in total. The highest BCUT2D eigenvalue weighted by molar-refractivity contribution is 5.97. The van der Waals surface area contributed by atoms with Crippen molar-refractivity contribution in [1.82, 2.24) is 4.98 Å². The summed E-state index contributed by atoms with van der Waals surface area (Å²) in [5, 5.41) is 4.69. The predicted molar refractivity (Wildman–Crippen MR) is 83.5 cm³/mol. The number of fused-ring (bicyclic) bond motifs is 2. The van der Waals surface area contributed by atoms with Gasteiger partial charge in [-0.1, -0.05) is 66.7 Å². The molecule has 0 fully saturated rings. The summed E-state index contributed by atoms with van der Waals surface area (Å²) in [6, 6.07) is 25.0. The molecule has 0 amide bonds. The average Bonchev–Trinajstić information content (AvgIpc) is 2.54. The van der Waals surface area contributed by atoms with Gasteiger partial charge in [-0.05, 0) is 22.2 Å². The van der Waals surface area contributed by atoms with Gasteiger partial charge in [-0.25, -0.2) is 4.98 Å². The SMILES string of the molecule is [c]1nc(-c2cccc3ccccc23)cc2ccccc12. The molecule has 0 saturated carbocycles. The summed E-state index contributed by atoms with van der Waals surface area (Å²) >= 11 is 0. The molecule has 0 aliphatic heterocycles. The van der Waals surface area contributed by atoms with Gasteiger partial charge in [-0.3, -0.25) is 0 Å². The van der Waals surface area contributed by atoms with Gasteiger partial charge in [-0.15, -0.1) is 0 Å². The van der Waals surface area contributed by atoms with Gasteiger partial charge < -0.3 is 0 Å². The highest BCUT2D eigenvalue weighted by atomic mass is 14.7. The highest BCUT2D eigenvalue weighted by Gasteiger charge is 2.05. The molecule has 1 nitrogen and oxygen atoms in total. The first kappa shape index (κ1) is 11.2. The molecule has 0 saturated heterocycles. The number of pyridine rings is 1. The molecule has 0 bridgehead atoms. The van der Waals surface area contributed by atoms with Gasteiger partial charge in [0.05, 0.1) is 11.9 Å². The van der Waals surface area contributed by atoms with E-state index in [2.05, 4.69) is 65.8 Å². The summed E-state index contributed by atoms with van der Waals surface area (Å²) in [4.78, 5) is 4.50. The average molecular weight is 254 g/mol. The van der Waals surface area contributed by atoms with E-state index in [4.69, 9.17) is 0 Å². The number of nitrogens with zero attached hydrogens (tertiary/aromatic N) is 1. The Hall–Kier alpha value is -2.67. The monoisotopic (exact) mass is 254 g/mol. The van der Waals surface area contributed by atoms with Crippen LogP contribution >= 0.6 is 0 Å². The number of aromatic nitrogens is 1. The largest absolute Gasteiger partial charge is 0.245 e. The van der Waals surface area contributed by atoms with Crippen LogP contribution in [-0.2, 0) is 0 Å².